The molecule has 0 atom stereocenters. The van der Waals surface area contributed by atoms with E-state index in [0.717, 1.165) is 18.2 Å². The third-order valence-corrected chi connectivity index (χ3v) is 4.42. The molecule has 0 aliphatic heterocycles. The summed E-state index contributed by atoms with van der Waals surface area (Å²) < 4.78 is 4.90. The first-order chi connectivity index (χ1) is 12.9. The molecule has 0 unspecified atom stereocenters. The fourth-order valence-corrected chi connectivity index (χ4v) is 2.91. The van der Waals surface area contributed by atoms with Crippen LogP contribution in [0, 0.1) is 21.4 Å². The van der Waals surface area contributed by atoms with Gasteiger partial charge in [-0.1, -0.05) is 23.7 Å². The van der Waals surface area contributed by atoms with E-state index in [-0.39, 0.29) is 22.0 Å². The lowest BCUT2D eigenvalue weighted by molar-refractivity contribution is -0.384. The number of halogens is 1. The Bertz CT molecular complexity index is 929. The molecule has 0 aromatic heterocycles. The molecule has 0 heterocycles. The van der Waals surface area contributed by atoms with E-state index in [1.54, 1.807) is 24.3 Å². The predicted molar refractivity (Wildman–Crippen MR) is 99.8 cm³/mol. The number of carbonyl (C=O) groups is 2. The van der Waals surface area contributed by atoms with E-state index in [0.29, 0.717) is 10.6 Å². The van der Waals surface area contributed by atoms with Crippen molar-refractivity contribution in [2.24, 2.45) is 0 Å². The number of hydrogen-bond acceptors (Lipinski definition) is 7. The van der Waals surface area contributed by atoms with Crippen LogP contribution < -0.4 is 5.32 Å². The molecule has 2 rings (SSSR count). The Morgan fingerprint density at radius 2 is 2.04 bits per heavy atom. The molecule has 0 saturated heterocycles. The maximum Gasteiger partial charge on any atom is 0.340 e. The molecule has 0 saturated carbocycles. The molecule has 138 valence electrons. The van der Waals surface area contributed by atoms with Gasteiger partial charge in [-0.15, -0.1) is 11.8 Å². The van der Waals surface area contributed by atoms with Crippen molar-refractivity contribution in [2.75, 3.05) is 17.7 Å². The minimum atomic E-state index is -0.878. The van der Waals surface area contributed by atoms with E-state index < -0.39 is 23.4 Å². The number of nitrogens with one attached hydrogen (secondary N) is 1. The van der Waals surface area contributed by atoms with Crippen molar-refractivity contribution in [3.63, 3.8) is 0 Å². The van der Waals surface area contributed by atoms with Crippen molar-refractivity contribution >= 4 is 46.6 Å². The maximum absolute atomic E-state index is 12.0. The molecule has 0 aliphatic carbocycles. The van der Waals surface area contributed by atoms with Gasteiger partial charge < -0.3 is 10.1 Å². The van der Waals surface area contributed by atoms with Crippen LogP contribution in [0.5, 0.6) is 0 Å². The van der Waals surface area contributed by atoms with Crippen LogP contribution in [0.4, 0.5) is 11.4 Å². The fraction of sp³-hybridized carbons (Fsp3) is 0.118. The number of nitrogens with zero attached hydrogens (tertiary/aromatic N) is 2. The molecule has 0 radical (unpaired) electrons. The number of esters is 1. The Labute approximate surface area is 163 Å². The molecule has 0 bridgehead atoms. The summed E-state index contributed by atoms with van der Waals surface area (Å²) in [6.07, 6.45) is 0. The lowest BCUT2D eigenvalue weighted by Crippen LogP contribution is -2.21. The second-order valence-corrected chi connectivity index (χ2v) is 6.41. The zero-order valence-corrected chi connectivity index (χ0v) is 15.2. The minimum Gasteiger partial charge on any atom is -0.452 e. The Kier molecular flexibility index (Phi) is 7.16. The molecule has 8 nitrogen and oxygen atoms in total. The second kappa shape index (κ2) is 9.56. The van der Waals surface area contributed by atoms with Gasteiger partial charge in [0.15, 0.2) is 6.61 Å². The number of carbonyl (C=O) groups excluding carboxylic acids is 2. The van der Waals surface area contributed by atoms with Crippen LogP contribution in [0.2, 0.25) is 5.02 Å². The standard InChI is InChI=1S/C17H12ClN3O5S/c18-13-9-11(21(24)25)5-6-12(13)17(23)26-10-16(22)20-14-3-1-2-4-15(14)27-8-7-19/h1-6,9H,8,10H2,(H,20,22). The molecule has 27 heavy (non-hydrogen) atoms. The van der Waals surface area contributed by atoms with Gasteiger partial charge in [-0.3, -0.25) is 14.9 Å². The predicted octanol–water partition coefficient (Wildman–Crippen LogP) is 3.66. The molecular weight excluding hydrogens is 394 g/mol. The average Bonchev–Trinajstić information content (AvgIpc) is 2.65. The number of anilines is 1. The van der Waals surface area contributed by atoms with Crippen LogP contribution >= 0.6 is 23.4 Å². The van der Waals surface area contributed by atoms with Crippen LogP contribution in [0.3, 0.4) is 0 Å². The summed E-state index contributed by atoms with van der Waals surface area (Å²) in [5.41, 5.74) is 0.146. The summed E-state index contributed by atoms with van der Waals surface area (Å²) in [5.74, 6) is -1.23. The summed E-state index contributed by atoms with van der Waals surface area (Å²) in [5, 5.41) is 21.8. The van der Waals surface area contributed by atoms with Crippen LogP contribution in [-0.2, 0) is 9.53 Å². The first-order valence-electron chi connectivity index (χ1n) is 7.42. The number of amides is 1. The first kappa shape index (κ1) is 20.2. The van der Waals surface area contributed by atoms with Crippen LogP contribution in [-0.4, -0.2) is 29.2 Å². The quantitative estimate of drug-likeness (QED) is 0.322. The Balaban J connectivity index is 1.97. The summed E-state index contributed by atoms with van der Waals surface area (Å²) in [4.78, 5) is 34.8. The summed E-state index contributed by atoms with van der Waals surface area (Å²) in [6, 6.07) is 12.2. The smallest absolute Gasteiger partial charge is 0.340 e. The van der Waals surface area contributed by atoms with E-state index in [9.17, 15) is 19.7 Å². The van der Waals surface area contributed by atoms with Gasteiger partial charge in [-0.05, 0) is 18.2 Å². The highest BCUT2D eigenvalue weighted by atomic mass is 35.5. The van der Waals surface area contributed by atoms with Gasteiger partial charge in [0, 0.05) is 17.0 Å². The number of thioether (sulfide) groups is 1. The maximum atomic E-state index is 12.0. The minimum absolute atomic E-state index is 0.0833. The number of benzene rings is 2. The van der Waals surface area contributed by atoms with Gasteiger partial charge >= 0.3 is 5.97 Å². The molecule has 2 aromatic carbocycles. The largest absolute Gasteiger partial charge is 0.452 e. The van der Waals surface area contributed by atoms with E-state index in [1.165, 1.54) is 11.8 Å². The number of hydrogen-bond donors (Lipinski definition) is 1. The molecular formula is C17H12ClN3O5S. The lowest BCUT2D eigenvalue weighted by atomic mass is 10.2. The molecule has 0 fully saturated rings. The summed E-state index contributed by atoms with van der Waals surface area (Å²) in [7, 11) is 0. The Morgan fingerprint density at radius 1 is 1.30 bits per heavy atom. The van der Waals surface area contributed by atoms with Crippen molar-refractivity contribution < 1.29 is 19.2 Å². The highest BCUT2D eigenvalue weighted by Crippen LogP contribution is 2.26. The number of nitro benzene ring substituents is 1. The van der Waals surface area contributed by atoms with E-state index in [2.05, 4.69) is 5.32 Å². The van der Waals surface area contributed by atoms with Crippen molar-refractivity contribution in [3.05, 3.63) is 63.2 Å². The van der Waals surface area contributed by atoms with Crippen molar-refractivity contribution in [1.82, 2.24) is 0 Å². The van der Waals surface area contributed by atoms with E-state index in [4.69, 9.17) is 21.6 Å². The number of ether oxygens (including phenoxy) is 1. The van der Waals surface area contributed by atoms with Gasteiger partial charge in [0.05, 0.1) is 33.0 Å². The van der Waals surface area contributed by atoms with Gasteiger partial charge in [0.25, 0.3) is 11.6 Å². The highest BCUT2D eigenvalue weighted by Gasteiger charge is 2.17. The highest BCUT2D eigenvalue weighted by molar-refractivity contribution is 7.99. The number of non-ortho nitro benzene ring substituents is 1. The monoisotopic (exact) mass is 405 g/mol. The Morgan fingerprint density at radius 3 is 2.70 bits per heavy atom. The van der Waals surface area contributed by atoms with Crippen LogP contribution in [0.15, 0.2) is 47.4 Å². The number of nitro groups is 1. The fourth-order valence-electron chi connectivity index (χ4n) is 1.98. The zero-order chi connectivity index (χ0) is 19.8. The van der Waals surface area contributed by atoms with E-state index >= 15 is 0 Å². The third kappa shape index (κ3) is 5.70. The van der Waals surface area contributed by atoms with E-state index in [1.807, 2.05) is 6.07 Å². The van der Waals surface area contributed by atoms with Crippen molar-refractivity contribution in [1.29, 1.82) is 5.26 Å². The van der Waals surface area contributed by atoms with Gasteiger partial charge in [0.1, 0.15) is 0 Å². The zero-order valence-electron chi connectivity index (χ0n) is 13.7. The third-order valence-electron chi connectivity index (χ3n) is 3.17. The first-order valence-corrected chi connectivity index (χ1v) is 8.78. The average molecular weight is 406 g/mol. The number of rotatable bonds is 7. The normalized spacial score (nSPS) is 9.93. The molecule has 1 N–H and O–H groups in total. The number of para-hydroxylation sites is 1. The molecule has 2 aromatic rings. The topological polar surface area (TPSA) is 122 Å². The van der Waals surface area contributed by atoms with Crippen LogP contribution in [0.25, 0.3) is 0 Å². The van der Waals surface area contributed by atoms with Gasteiger partial charge in [-0.2, -0.15) is 5.26 Å². The lowest BCUT2D eigenvalue weighted by Gasteiger charge is -2.10. The summed E-state index contributed by atoms with van der Waals surface area (Å²) >= 11 is 7.11. The molecule has 0 aliphatic rings. The van der Waals surface area contributed by atoms with Crippen molar-refractivity contribution in [3.8, 4) is 6.07 Å². The second-order valence-electron chi connectivity index (χ2n) is 4.99. The number of nitriles is 1. The Hall–Kier alpha value is -3.09. The molecule has 0 spiro atoms. The molecule has 10 heteroatoms. The van der Waals surface area contributed by atoms with Gasteiger partial charge in [-0.25, -0.2) is 4.79 Å². The van der Waals surface area contributed by atoms with Crippen LogP contribution in [0.1, 0.15) is 10.4 Å². The van der Waals surface area contributed by atoms with Gasteiger partial charge in [0.2, 0.25) is 0 Å². The molecule has 1 amide bonds. The summed E-state index contributed by atoms with van der Waals surface area (Å²) in [6.45, 7) is -0.566. The van der Waals surface area contributed by atoms with Crippen molar-refractivity contribution in [2.45, 2.75) is 4.90 Å². The SMILES string of the molecule is N#CCSc1ccccc1NC(=O)COC(=O)c1ccc([N+](=O)[O-])cc1Cl.